The van der Waals surface area contributed by atoms with Crippen molar-refractivity contribution in [2.24, 2.45) is 0 Å². The van der Waals surface area contributed by atoms with Gasteiger partial charge in [0, 0.05) is 56.5 Å². The molecule has 0 spiro atoms. The molecular formula is C28H30N4O3. The van der Waals surface area contributed by atoms with Crippen molar-refractivity contribution in [1.29, 1.82) is 0 Å². The van der Waals surface area contributed by atoms with Crippen LogP contribution in [-0.2, 0) is 4.79 Å². The first kappa shape index (κ1) is 22.8. The van der Waals surface area contributed by atoms with E-state index in [2.05, 4.69) is 20.4 Å². The lowest BCUT2D eigenvalue weighted by atomic mass is 9.91. The van der Waals surface area contributed by atoms with Gasteiger partial charge in [0.05, 0.1) is 25.6 Å². The predicted octanol–water partition coefficient (Wildman–Crippen LogP) is 4.22. The molecule has 2 aromatic heterocycles. The summed E-state index contributed by atoms with van der Waals surface area (Å²) >= 11 is 0. The number of methoxy groups -OCH3 is 2. The van der Waals surface area contributed by atoms with Gasteiger partial charge in [-0.3, -0.25) is 4.79 Å². The number of rotatable bonds is 7. The minimum atomic E-state index is -0.178. The lowest BCUT2D eigenvalue weighted by molar-refractivity contribution is -0.131. The van der Waals surface area contributed by atoms with Crippen molar-refractivity contribution in [3.63, 3.8) is 0 Å². The molecule has 0 N–H and O–H groups in total. The van der Waals surface area contributed by atoms with Crippen molar-refractivity contribution in [2.45, 2.75) is 12.3 Å². The van der Waals surface area contributed by atoms with E-state index < -0.39 is 0 Å². The molecular weight excluding hydrogens is 440 g/mol. The van der Waals surface area contributed by atoms with Crippen molar-refractivity contribution >= 4 is 17.2 Å². The van der Waals surface area contributed by atoms with Crippen molar-refractivity contribution in [3.8, 4) is 11.5 Å². The van der Waals surface area contributed by atoms with Gasteiger partial charge in [0.2, 0.25) is 5.91 Å². The lowest BCUT2D eigenvalue weighted by Crippen LogP contribution is -2.49. The van der Waals surface area contributed by atoms with E-state index in [1.165, 1.54) is 0 Å². The number of amides is 1. The predicted molar refractivity (Wildman–Crippen MR) is 136 cm³/mol. The van der Waals surface area contributed by atoms with Gasteiger partial charge in [0.1, 0.15) is 17.1 Å². The molecule has 3 heterocycles. The monoisotopic (exact) mass is 470 g/mol. The van der Waals surface area contributed by atoms with Gasteiger partial charge < -0.3 is 23.7 Å². The largest absolute Gasteiger partial charge is 0.496 e. The first-order chi connectivity index (χ1) is 17.2. The Morgan fingerprint density at radius 1 is 0.886 bits per heavy atom. The minimum absolute atomic E-state index is 0.131. The fourth-order valence-corrected chi connectivity index (χ4v) is 4.93. The summed E-state index contributed by atoms with van der Waals surface area (Å²) in [6.45, 7) is 2.87. The van der Waals surface area contributed by atoms with Crippen molar-refractivity contribution < 1.29 is 14.3 Å². The molecule has 0 aliphatic carbocycles. The number of pyridine rings is 1. The van der Waals surface area contributed by atoms with E-state index >= 15 is 0 Å². The van der Waals surface area contributed by atoms with Crippen molar-refractivity contribution in [2.75, 3.05) is 45.3 Å². The summed E-state index contributed by atoms with van der Waals surface area (Å²) in [6, 6.07) is 21.9. The smallest absolute Gasteiger partial charge is 0.223 e. The van der Waals surface area contributed by atoms with Crippen LogP contribution in [-0.4, -0.2) is 60.6 Å². The van der Waals surface area contributed by atoms with E-state index in [1.807, 2.05) is 78.0 Å². The lowest BCUT2D eigenvalue weighted by Gasteiger charge is -2.37. The molecule has 1 aliphatic heterocycles. The molecule has 7 heteroatoms. The Hall–Kier alpha value is -4.00. The summed E-state index contributed by atoms with van der Waals surface area (Å²) in [5.74, 6) is 1.59. The molecule has 4 aromatic rings. The molecule has 1 unspecified atom stereocenters. The van der Waals surface area contributed by atoms with Crippen LogP contribution in [0, 0.1) is 0 Å². The number of anilines is 1. The van der Waals surface area contributed by atoms with E-state index in [-0.39, 0.29) is 11.8 Å². The van der Waals surface area contributed by atoms with Gasteiger partial charge in [-0.15, -0.1) is 0 Å². The van der Waals surface area contributed by atoms with Crippen LogP contribution in [0.15, 0.2) is 79.1 Å². The quantitative estimate of drug-likeness (QED) is 0.405. The topological polar surface area (TPSA) is 59.3 Å². The number of hydrogen-bond donors (Lipinski definition) is 0. The average Bonchev–Trinajstić information content (AvgIpc) is 3.35. The maximum atomic E-state index is 13.6. The average molecular weight is 471 g/mol. The maximum absolute atomic E-state index is 13.6. The second-order valence-corrected chi connectivity index (χ2v) is 8.65. The Bertz CT molecular complexity index is 1310. The van der Waals surface area contributed by atoms with Gasteiger partial charge in [-0.05, 0) is 30.3 Å². The Morgan fingerprint density at radius 2 is 1.57 bits per heavy atom. The third-order valence-electron chi connectivity index (χ3n) is 6.75. The number of piperazine rings is 1. The third kappa shape index (κ3) is 4.54. The second-order valence-electron chi connectivity index (χ2n) is 8.65. The van der Waals surface area contributed by atoms with E-state index in [1.54, 1.807) is 14.2 Å². The summed E-state index contributed by atoms with van der Waals surface area (Å²) in [4.78, 5) is 22.4. The van der Waals surface area contributed by atoms with Crippen LogP contribution in [0.3, 0.4) is 0 Å². The highest BCUT2D eigenvalue weighted by molar-refractivity contribution is 5.78. The summed E-state index contributed by atoms with van der Waals surface area (Å²) in [7, 11) is 3.36. The number of fused-ring (bicyclic) bond motifs is 1. The van der Waals surface area contributed by atoms with Crippen LogP contribution in [0.5, 0.6) is 11.5 Å². The SMILES string of the molecule is COc1ccccc1C(CC(=O)N1CCN(c2ccccc2OC)CC1)c1cnc2ccccn12. The van der Waals surface area contributed by atoms with Crippen molar-refractivity contribution in [3.05, 3.63) is 90.4 Å². The minimum Gasteiger partial charge on any atom is -0.496 e. The van der Waals surface area contributed by atoms with Gasteiger partial charge in [-0.2, -0.15) is 0 Å². The number of benzene rings is 2. The highest BCUT2D eigenvalue weighted by Gasteiger charge is 2.29. The van der Waals surface area contributed by atoms with Gasteiger partial charge >= 0.3 is 0 Å². The van der Waals surface area contributed by atoms with E-state index in [4.69, 9.17) is 9.47 Å². The van der Waals surface area contributed by atoms with Gasteiger partial charge in [0.15, 0.2) is 0 Å². The standard InChI is InChI=1S/C28H30N4O3/c1-34-25-11-5-3-9-21(25)22(24-20-29-27-13-7-8-14-32(24)27)19-28(33)31-17-15-30(16-18-31)23-10-4-6-12-26(23)35-2/h3-14,20,22H,15-19H2,1-2H3. The number of nitrogens with zero attached hydrogens (tertiary/aromatic N) is 4. The molecule has 0 radical (unpaired) electrons. The molecule has 0 bridgehead atoms. The number of aromatic nitrogens is 2. The molecule has 35 heavy (non-hydrogen) atoms. The molecule has 1 aliphatic rings. The number of carbonyl (C=O) groups excluding carboxylic acids is 1. The molecule has 1 atom stereocenters. The number of ether oxygens (including phenoxy) is 2. The summed E-state index contributed by atoms with van der Waals surface area (Å²) in [5, 5.41) is 0. The Labute approximate surface area is 205 Å². The van der Waals surface area contributed by atoms with E-state index in [9.17, 15) is 4.79 Å². The fourth-order valence-electron chi connectivity index (χ4n) is 4.93. The molecule has 180 valence electrons. The second kappa shape index (κ2) is 10.1. The summed E-state index contributed by atoms with van der Waals surface area (Å²) in [6.07, 6.45) is 4.22. The first-order valence-corrected chi connectivity index (χ1v) is 11.9. The van der Waals surface area contributed by atoms with Crippen LogP contribution < -0.4 is 14.4 Å². The third-order valence-corrected chi connectivity index (χ3v) is 6.75. The zero-order valence-corrected chi connectivity index (χ0v) is 20.1. The highest BCUT2D eigenvalue weighted by atomic mass is 16.5. The molecule has 7 nitrogen and oxygen atoms in total. The number of carbonyl (C=O) groups is 1. The van der Waals surface area contributed by atoms with Crippen LogP contribution in [0.1, 0.15) is 23.6 Å². The zero-order valence-electron chi connectivity index (χ0n) is 20.1. The number of para-hydroxylation sites is 3. The van der Waals surface area contributed by atoms with Gasteiger partial charge in [0.25, 0.3) is 0 Å². The Kier molecular flexibility index (Phi) is 6.57. The van der Waals surface area contributed by atoms with Crippen LogP contribution in [0.25, 0.3) is 5.65 Å². The first-order valence-electron chi connectivity index (χ1n) is 11.9. The molecule has 0 saturated carbocycles. The Balaban J connectivity index is 1.38. The molecule has 2 aromatic carbocycles. The molecule has 5 rings (SSSR count). The Morgan fingerprint density at radius 3 is 2.34 bits per heavy atom. The van der Waals surface area contributed by atoms with Gasteiger partial charge in [-0.25, -0.2) is 4.98 Å². The maximum Gasteiger partial charge on any atom is 0.223 e. The summed E-state index contributed by atoms with van der Waals surface area (Å²) < 4.78 is 13.3. The summed E-state index contributed by atoms with van der Waals surface area (Å²) in [5.41, 5.74) is 3.90. The number of hydrogen-bond acceptors (Lipinski definition) is 5. The van der Waals surface area contributed by atoms with Crippen LogP contribution in [0.2, 0.25) is 0 Å². The van der Waals surface area contributed by atoms with Gasteiger partial charge in [-0.1, -0.05) is 36.4 Å². The molecule has 1 amide bonds. The van der Waals surface area contributed by atoms with E-state index in [0.29, 0.717) is 19.5 Å². The van der Waals surface area contributed by atoms with Crippen LogP contribution in [0.4, 0.5) is 5.69 Å². The normalized spacial score (nSPS) is 14.7. The number of imidazole rings is 1. The molecule has 1 saturated heterocycles. The zero-order chi connectivity index (χ0) is 24.2. The highest BCUT2D eigenvalue weighted by Crippen LogP contribution is 2.35. The van der Waals surface area contributed by atoms with Crippen LogP contribution >= 0.6 is 0 Å². The van der Waals surface area contributed by atoms with E-state index in [0.717, 1.165) is 47.2 Å². The molecule has 1 fully saturated rings. The van der Waals surface area contributed by atoms with Crippen molar-refractivity contribution in [1.82, 2.24) is 14.3 Å². The fraction of sp³-hybridized carbons (Fsp3) is 0.286.